The lowest BCUT2D eigenvalue weighted by molar-refractivity contribution is -0.119. The summed E-state index contributed by atoms with van der Waals surface area (Å²) in [5, 5.41) is 13.5. The topological polar surface area (TPSA) is 115 Å². The number of rotatable bonds is 6. The van der Waals surface area contributed by atoms with Gasteiger partial charge in [-0.3, -0.25) is 14.7 Å². The van der Waals surface area contributed by atoms with Gasteiger partial charge in [-0.2, -0.15) is 0 Å². The Morgan fingerprint density at radius 2 is 2.20 bits per heavy atom. The molecule has 30 heavy (non-hydrogen) atoms. The van der Waals surface area contributed by atoms with Crippen LogP contribution in [0, 0.1) is 5.82 Å². The van der Waals surface area contributed by atoms with Crippen LogP contribution in [0.15, 0.2) is 42.9 Å². The third-order valence-corrected chi connectivity index (χ3v) is 4.57. The summed E-state index contributed by atoms with van der Waals surface area (Å²) < 4.78 is 21.5. The zero-order valence-electron chi connectivity index (χ0n) is 16.0. The summed E-state index contributed by atoms with van der Waals surface area (Å²) in [4.78, 5) is 28.8. The molecule has 2 amide bonds. The maximum atomic E-state index is 14.8. The van der Waals surface area contributed by atoms with Crippen molar-refractivity contribution in [2.45, 2.75) is 19.6 Å². The van der Waals surface area contributed by atoms with Crippen molar-refractivity contribution in [2.75, 3.05) is 18.0 Å². The van der Waals surface area contributed by atoms with E-state index in [-0.39, 0.29) is 19.0 Å². The van der Waals surface area contributed by atoms with Crippen LogP contribution in [-0.4, -0.2) is 56.4 Å². The van der Waals surface area contributed by atoms with Gasteiger partial charge in [-0.1, -0.05) is 6.07 Å². The molecule has 1 aliphatic heterocycles. The van der Waals surface area contributed by atoms with Crippen molar-refractivity contribution < 1.29 is 18.7 Å². The molecule has 0 bridgehead atoms. The summed E-state index contributed by atoms with van der Waals surface area (Å²) in [6, 6.07) is 8.06. The second kappa shape index (κ2) is 8.23. The largest absolute Gasteiger partial charge is 0.442 e. The second-order valence-electron chi connectivity index (χ2n) is 6.76. The lowest BCUT2D eigenvalue weighted by Crippen LogP contribution is -2.33. The minimum absolute atomic E-state index is 0.209. The molecule has 0 aliphatic carbocycles. The number of tetrazole rings is 1. The zero-order chi connectivity index (χ0) is 21.1. The monoisotopic (exact) mass is 411 g/mol. The van der Waals surface area contributed by atoms with Gasteiger partial charge in [-0.15, -0.1) is 5.10 Å². The number of cyclic esters (lactones) is 1. The minimum atomic E-state index is -0.578. The van der Waals surface area contributed by atoms with Gasteiger partial charge in [-0.25, -0.2) is 13.9 Å². The van der Waals surface area contributed by atoms with Crippen molar-refractivity contribution in [3.8, 4) is 11.1 Å². The van der Waals surface area contributed by atoms with E-state index < -0.39 is 18.0 Å². The molecule has 0 spiro atoms. The number of amides is 2. The third-order valence-electron chi connectivity index (χ3n) is 4.57. The first-order chi connectivity index (χ1) is 14.5. The van der Waals surface area contributed by atoms with Gasteiger partial charge in [-0.05, 0) is 34.7 Å². The average Bonchev–Trinajstić information content (AvgIpc) is 3.36. The van der Waals surface area contributed by atoms with E-state index in [1.807, 2.05) is 0 Å². The first-order valence-electron chi connectivity index (χ1n) is 9.18. The molecule has 1 N–H and O–H groups in total. The summed E-state index contributed by atoms with van der Waals surface area (Å²) >= 11 is 0. The SMILES string of the molecule is CC(=O)NC[C@H]1CN(c2ccc(-c3ccc(Cn4cnnn4)nc3)c(F)c2)C(=O)O1. The van der Waals surface area contributed by atoms with Crippen LogP contribution in [-0.2, 0) is 16.1 Å². The van der Waals surface area contributed by atoms with Gasteiger partial charge in [0.05, 0.1) is 31.0 Å². The van der Waals surface area contributed by atoms with Gasteiger partial charge >= 0.3 is 6.09 Å². The Balaban J connectivity index is 1.47. The van der Waals surface area contributed by atoms with Gasteiger partial charge < -0.3 is 10.1 Å². The average molecular weight is 411 g/mol. The van der Waals surface area contributed by atoms with Gasteiger partial charge in [0.2, 0.25) is 5.91 Å². The molecule has 3 heterocycles. The Bertz CT molecular complexity index is 1060. The Labute approximate surface area is 170 Å². The van der Waals surface area contributed by atoms with E-state index >= 15 is 0 Å². The normalized spacial score (nSPS) is 15.9. The molecule has 10 nitrogen and oxygen atoms in total. The number of nitrogens with zero attached hydrogens (tertiary/aromatic N) is 6. The first-order valence-corrected chi connectivity index (χ1v) is 9.18. The lowest BCUT2D eigenvalue weighted by Gasteiger charge is -2.14. The maximum Gasteiger partial charge on any atom is 0.414 e. The van der Waals surface area contributed by atoms with Crippen LogP contribution in [0.5, 0.6) is 0 Å². The maximum absolute atomic E-state index is 14.8. The fraction of sp³-hybridized carbons (Fsp3) is 0.263. The van der Waals surface area contributed by atoms with Crippen molar-refractivity contribution in [1.82, 2.24) is 30.5 Å². The van der Waals surface area contributed by atoms with E-state index in [0.717, 1.165) is 5.69 Å². The van der Waals surface area contributed by atoms with Crippen molar-refractivity contribution in [2.24, 2.45) is 0 Å². The molecule has 2 aromatic heterocycles. The van der Waals surface area contributed by atoms with Crippen LogP contribution in [0.4, 0.5) is 14.9 Å². The number of benzene rings is 1. The number of anilines is 1. The number of ether oxygens (including phenoxy) is 1. The van der Waals surface area contributed by atoms with Gasteiger partial charge in [0.15, 0.2) is 0 Å². The molecule has 1 saturated heterocycles. The second-order valence-corrected chi connectivity index (χ2v) is 6.76. The fourth-order valence-electron chi connectivity index (χ4n) is 3.10. The molecule has 0 radical (unpaired) electrons. The molecule has 4 rings (SSSR count). The highest BCUT2D eigenvalue weighted by atomic mass is 19.1. The highest BCUT2D eigenvalue weighted by molar-refractivity contribution is 5.90. The van der Waals surface area contributed by atoms with Crippen molar-refractivity contribution in [1.29, 1.82) is 0 Å². The Morgan fingerprint density at radius 1 is 1.33 bits per heavy atom. The molecule has 1 aliphatic rings. The molecule has 0 saturated carbocycles. The molecule has 154 valence electrons. The minimum Gasteiger partial charge on any atom is -0.442 e. The van der Waals surface area contributed by atoms with E-state index in [9.17, 15) is 14.0 Å². The summed E-state index contributed by atoms with van der Waals surface area (Å²) in [5.41, 5.74) is 2.08. The van der Waals surface area contributed by atoms with Crippen molar-refractivity contribution in [3.05, 3.63) is 54.4 Å². The van der Waals surface area contributed by atoms with Crippen LogP contribution in [0.2, 0.25) is 0 Å². The summed E-state index contributed by atoms with van der Waals surface area (Å²) in [6.45, 7) is 2.23. The molecule has 0 unspecified atom stereocenters. The highest BCUT2D eigenvalue weighted by Gasteiger charge is 2.32. The summed E-state index contributed by atoms with van der Waals surface area (Å²) in [5.74, 6) is -0.696. The molecule has 1 atom stereocenters. The molecular weight excluding hydrogens is 393 g/mol. The van der Waals surface area contributed by atoms with E-state index in [1.165, 1.54) is 28.9 Å². The molecule has 1 fully saturated rings. The molecule has 3 aromatic rings. The number of hydrogen-bond acceptors (Lipinski definition) is 7. The number of nitrogens with one attached hydrogen (secondary N) is 1. The van der Waals surface area contributed by atoms with Crippen molar-refractivity contribution >= 4 is 17.7 Å². The van der Waals surface area contributed by atoms with E-state index in [2.05, 4.69) is 25.8 Å². The van der Waals surface area contributed by atoms with E-state index in [4.69, 9.17) is 4.74 Å². The Kier molecular flexibility index (Phi) is 5.33. The predicted molar refractivity (Wildman–Crippen MR) is 103 cm³/mol. The fourth-order valence-corrected chi connectivity index (χ4v) is 3.10. The van der Waals surface area contributed by atoms with Crippen LogP contribution in [0.3, 0.4) is 0 Å². The molecular formula is C19H18FN7O3. The number of carbonyl (C=O) groups excluding carboxylic acids is 2. The smallest absolute Gasteiger partial charge is 0.414 e. The number of carbonyl (C=O) groups is 2. The predicted octanol–water partition coefficient (Wildman–Crippen LogP) is 1.38. The third kappa shape index (κ3) is 4.24. The lowest BCUT2D eigenvalue weighted by atomic mass is 10.1. The highest BCUT2D eigenvalue weighted by Crippen LogP contribution is 2.28. The number of halogens is 1. The van der Waals surface area contributed by atoms with Crippen LogP contribution >= 0.6 is 0 Å². The number of pyridine rings is 1. The van der Waals surface area contributed by atoms with E-state index in [0.29, 0.717) is 23.4 Å². The first kappa shape index (κ1) is 19.4. The molecule has 1 aromatic carbocycles. The zero-order valence-corrected chi connectivity index (χ0v) is 16.0. The quantitative estimate of drug-likeness (QED) is 0.652. The summed E-state index contributed by atoms with van der Waals surface area (Å²) in [7, 11) is 0. The Hall–Kier alpha value is -3.89. The van der Waals surface area contributed by atoms with Gasteiger partial charge in [0, 0.05) is 24.2 Å². The number of aromatic nitrogens is 5. The molecule has 11 heteroatoms. The Morgan fingerprint density at radius 3 is 2.87 bits per heavy atom. The van der Waals surface area contributed by atoms with E-state index in [1.54, 1.807) is 30.5 Å². The van der Waals surface area contributed by atoms with Crippen LogP contribution in [0.25, 0.3) is 11.1 Å². The number of hydrogen-bond donors (Lipinski definition) is 1. The summed E-state index contributed by atoms with van der Waals surface area (Å²) in [6.07, 6.45) is 2.00. The standard InChI is InChI=1S/C19H18FN7O3/c1-12(28)21-8-16-10-27(19(29)30-16)15-4-5-17(18(20)6-15)13-2-3-14(22-7-13)9-26-11-23-24-25-26/h2-7,11,16H,8-10H2,1H3,(H,21,28)/t16-/m0/s1. The van der Waals surface area contributed by atoms with Crippen LogP contribution in [0.1, 0.15) is 12.6 Å². The van der Waals surface area contributed by atoms with Crippen molar-refractivity contribution in [3.63, 3.8) is 0 Å². The van der Waals surface area contributed by atoms with Crippen LogP contribution < -0.4 is 10.2 Å². The van der Waals surface area contributed by atoms with Gasteiger partial charge in [0.25, 0.3) is 0 Å². The van der Waals surface area contributed by atoms with Gasteiger partial charge in [0.1, 0.15) is 18.2 Å².